The van der Waals surface area contributed by atoms with E-state index in [1.807, 2.05) is 0 Å². The molecule has 0 heterocycles. The van der Waals surface area contributed by atoms with Crippen LogP contribution in [0.15, 0.2) is 24.3 Å². The van der Waals surface area contributed by atoms with Crippen molar-refractivity contribution < 1.29 is 14.6 Å². The number of nitrogens with one attached hydrogen (secondary N) is 1. The van der Waals surface area contributed by atoms with Gasteiger partial charge in [0.2, 0.25) is 5.91 Å². The highest BCUT2D eigenvalue weighted by Crippen LogP contribution is 2.18. The number of methoxy groups -OCH3 is 1. The highest BCUT2D eigenvalue weighted by atomic mass is 35.5. The van der Waals surface area contributed by atoms with Crippen molar-refractivity contribution in [3.8, 4) is 5.75 Å². The normalized spacial score (nSPS) is 11.3. The summed E-state index contributed by atoms with van der Waals surface area (Å²) in [5, 5.41) is 12.6. The van der Waals surface area contributed by atoms with Crippen LogP contribution in [-0.4, -0.2) is 31.2 Å². The molecular formula is C13H21ClN2O3. The third-order valence-corrected chi connectivity index (χ3v) is 2.58. The molecule has 1 rings (SSSR count). The fraction of sp³-hybridized carbons (Fsp3) is 0.462. The zero-order valence-electron chi connectivity index (χ0n) is 11.0. The van der Waals surface area contributed by atoms with Crippen LogP contribution in [0.3, 0.4) is 0 Å². The van der Waals surface area contributed by atoms with Crippen LogP contribution < -0.4 is 15.8 Å². The van der Waals surface area contributed by atoms with Gasteiger partial charge in [-0.15, -0.1) is 12.4 Å². The Kier molecular flexibility index (Phi) is 8.95. The lowest BCUT2D eigenvalue weighted by Gasteiger charge is -2.13. The first-order chi connectivity index (χ1) is 8.67. The van der Waals surface area contributed by atoms with E-state index in [0.29, 0.717) is 30.7 Å². The molecule has 1 atom stereocenters. The van der Waals surface area contributed by atoms with Crippen molar-refractivity contribution in [2.45, 2.75) is 18.9 Å². The molecule has 5 nitrogen and oxygen atoms in total. The van der Waals surface area contributed by atoms with Crippen LogP contribution in [0, 0.1) is 0 Å². The van der Waals surface area contributed by atoms with Crippen molar-refractivity contribution in [1.82, 2.24) is 5.32 Å². The molecule has 0 saturated carbocycles. The lowest BCUT2D eigenvalue weighted by atomic mass is 10.1. The summed E-state index contributed by atoms with van der Waals surface area (Å²) in [6, 6.07) is 7.14. The predicted octanol–water partition coefficient (Wildman–Crippen LogP) is 1.01. The SMILES string of the molecule is COc1cccc(C(O)CNC(=O)CCCN)c1.Cl. The van der Waals surface area contributed by atoms with Gasteiger partial charge in [-0.1, -0.05) is 12.1 Å². The predicted molar refractivity (Wildman–Crippen MR) is 76.5 cm³/mol. The number of hydrogen-bond acceptors (Lipinski definition) is 4. The van der Waals surface area contributed by atoms with Crippen molar-refractivity contribution in [2.24, 2.45) is 5.73 Å². The van der Waals surface area contributed by atoms with Gasteiger partial charge in [0.05, 0.1) is 13.2 Å². The number of ether oxygens (including phenoxy) is 1. The van der Waals surface area contributed by atoms with Crippen molar-refractivity contribution in [3.05, 3.63) is 29.8 Å². The number of carbonyl (C=O) groups is 1. The van der Waals surface area contributed by atoms with E-state index in [-0.39, 0.29) is 24.9 Å². The number of benzene rings is 1. The molecule has 1 unspecified atom stereocenters. The van der Waals surface area contributed by atoms with E-state index in [0.717, 1.165) is 0 Å². The molecule has 4 N–H and O–H groups in total. The monoisotopic (exact) mass is 288 g/mol. The second-order valence-corrected chi connectivity index (χ2v) is 3.99. The topological polar surface area (TPSA) is 84.6 Å². The number of aliphatic hydroxyl groups excluding tert-OH is 1. The summed E-state index contributed by atoms with van der Waals surface area (Å²) in [6.45, 7) is 0.683. The highest BCUT2D eigenvalue weighted by molar-refractivity contribution is 5.85. The number of halogens is 1. The van der Waals surface area contributed by atoms with Crippen molar-refractivity contribution in [3.63, 3.8) is 0 Å². The molecular weight excluding hydrogens is 268 g/mol. The molecule has 0 aliphatic heterocycles. The summed E-state index contributed by atoms with van der Waals surface area (Å²) >= 11 is 0. The van der Waals surface area contributed by atoms with Crippen LogP contribution >= 0.6 is 12.4 Å². The summed E-state index contributed by atoms with van der Waals surface area (Å²) in [7, 11) is 1.57. The molecule has 0 bridgehead atoms. The van der Waals surface area contributed by atoms with E-state index in [2.05, 4.69) is 5.32 Å². The van der Waals surface area contributed by atoms with Gasteiger partial charge >= 0.3 is 0 Å². The van der Waals surface area contributed by atoms with Crippen molar-refractivity contribution in [2.75, 3.05) is 20.2 Å². The standard InChI is InChI=1S/C13H20N2O3.ClH/c1-18-11-5-2-4-10(8-11)12(16)9-15-13(17)6-3-7-14;/h2,4-5,8,12,16H,3,6-7,9,14H2,1H3,(H,15,17);1H. The minimum atomic E-state index is -0.734. The zero-order valence-corrected chi connectivity index (χ0v) is 11.8. The molecule has 0 aliphatic carbocycles. The molecule has 0 spiro atoms. The van der Waals surface area contributed by atoms with Crippen molar-refractivity contribution >= 4 is 18.3 Å². The Morgan fingerprint density at radius 3 is 2.89 bits per heavy atom. The van der Waals surface area contributed by atoms with Gasteiger partial charge in [-0.2, -0.15) is 0 Å². The van der Waals surface area contributed by atoms with Gasteiger partial charge in [0.15, 0.2) is 0 Å². The first-order valence-corrected chi connectivity index (χ1v) is 5.96. The van der Waals surface area contributed by atoms with Gasteiger partial charge in [0, 0.05) is 13.0 Å². The van der Waals surface area contributed by atoms with E-state index in [4.69, 9.17) is 10.5 Å². The maximum Gasteiger partial charge on any atom is 0.220 e. The quantitative estimate of drug-likeness (QED) is 0.699. The van der Waals surface area contributed by atoms with Crippen LogP contribution in [0.25, 0.3) is 0 Å². The van der Waals surface area contributed by atoms with Gasteiger partial charge < -0.3 is 20.9 Å². The molecule has 0 aromatic heterocycles. The van der Waals surface area contributed by atoms with Crippen LogP contribution in [0.5, 0.6) is 5.75 Å². The first-order valence-electron chi connectivity index (χ1n) is 5.96. The average molecular weight is 289 g/mol. The minimum absolute atomic E-state index is 0. The fourth-order valence-electron chi connectivity index (χ4n) is 1.53. The number of rotatable bonds is 7. The minimum Gasteiger partial charge on any atom is -0.497 e. The zero-order chi connectivity index (χ0) is 13.4. The molecule has 1 aromatic carbocycles. The number of nitrogens with two attached hydrogens (primary N) is 1. The molecule has 0 fully saturated rings. The Bertz CT molecular complexity index is 388. The largest absolute Gasteiger partial charge is 0.497 e. The first kappa shape index (κ1) is 17.7. The number of amides is 1. The van der Waals surface area contributed by atoms with Gasteiger partial charge in [-0.05, 0) is 30.7 Å². The third-order valence-electron chi connectivity index (χ3n) is 2.58. The van der Waals surface area contributed by atoms with Gasteiger partial charge in [0.1, 0.15) is 5.75 Å². The molecule has 19 heavy (non-hydrogen) atoms. The highest BCUT2D eigenvalue weighted by Gasteiger charge is 2.09. The number of hydrogen-bond donors (Lipinski definition) is 3. The van der Waals surface area contributed by atoms with Gasteiger partial charge in [-0.25, -0.2) is 0 Å². The lowest BCUT2D eigenvalue weighted by molar-refractivity contribution is -0.121. The smallest absolute Gasteiger partial charge is 0.220 e. The summed E-state index contributed by atoms with van der Waals surface area (Å²) in [6.07, 6.45) is 0.310. The summed E-state index contributed by atoms with van der Waals surface area (Å²) in [4.78, 5) is 11.4. The third kappa shape index (κ3) is 6.42. The fourth-order valence-corrected chi connectivity index (χ4v) is 1.53. The van der Waals surface area contributed by atoms with Crippen LogP contribution in [0.1, 0.15) is 24.5 Å². The second-order valence-electron chi connectivity index (χ2n) is 3.99. The maximum absolute atomic E-state index is 11.4. The molecule has 1 aromatic rings. The Labute approximate surface area is 119 Å². The second kappa shape index (κ2) is 9.61. The number of carbonyl (C=O) groups excluding carboxylic acids is 1. The van der Waals surface area contributed by atoms with Crippen LogP contribution in [0.4, 0.5) is 0 Å². The van der Waals surface area contributed by atoms with E-state index in [1.165, 1.54) is 0 Å². The Morgan fingerprint density at radius 2 is 2.26 bits per heavy atom. The van der Waals surface area contributed by atoms with Crippen LogP contribution in [-0.2, 0) is 4.79 Å². The van der Waals surface area contributed by atoms with E-state index >= 15 is 0 Å². The lowest BCUT2D eigenvalue weighted by Crippen LogP contribution is -2.28. The average Bonchev–Trinajstić information content (AvgIpc) is 2.42. The van der Waals surface area contributed by atoms with Crippen LogP contribution in [0.2, 0.25) is 0 Å². The summed E-state index contributed by atoms with van der Waals surface area (Å²) < 4.78 is 5.07. The summed E-state index contributed by atoms with van der Waals surface area (Å²) in [5.41, 5.74) is 6.03. The molecule has 6 heteroatoms. The Morgan fingerprint density at radius 1 is 1.53 bits per heavy atom. The number of aliphatic hydroxyl groups is 1. The van der Waals surface area contributed by atoms with Gasteiger partial charge in [-0.3, -0.25) is 4.79 Å². The van der Waals surface area contributed by atoms with E-state index in [1.54, 1.807) is 31.4 Å². The molecule has 0 radical (unpaired) electrons. The molecule has 0 saturated heterocycles. The van der Waals surface area contributed by atoms with Gasteiger partial charge in [0.25, 0.3) is 0 Å². The Balaban J connectivity index is 0.00000324. The molecule has 0 aliphatic rings. The Hall–Kier alpha value is -1.30. The van der Waals surface area contributed by atoms with Crippen molar-refractivity contribution in [1.29, 1.82) is 0 Å². The molecule has 1 amide bonds. The summed E-state index contributed by atoms with van der Waals surface area (Å²) in [5.74, 6) is 0.586. The molecule has 108 valence electrons. The maximum atomic E-state index is 11.4. The van der Waals surface area contributed by atoms with E-state index < -0.39 is 6.10 Å². The van der Waals surface area contributed by atoms with E-state index in [9.17, 15) is 9.90 Å².